The quantitative estimate of drug-likeness (QED) is 0.871. The lowest BCUT2D eigenvalue weighted by molar-refractivity contribution is 0.0940. The minimum absolute atomic E-state index is 0.0573. The molecule has 0 aliphatic rings. The molecule has 98 valence electrons. The van der Waals surface area contributed by atoms with E-state index in [1.165, 1.54) is 11.8 Å². The van der Waals surface area contributed by atoms with Gasteiger partial charge in [0, 0.05) is 17.8 Å². The number of amides is 1. The Balaban J connectivity index is 1.95. The number of hydrogen-bond donors (Lipinski definition) is 1. The second kappa shape index (κ2) is 6.34. The number of carbonyl (C=O) groups excluding carboxylic acids is 1. The van der Waals surface area contributed by atoms with Crippen LogP contribution < -0.4 is 5.32 Å². The number of halogens is 1. The molecule has 1 atom stereocenters. The van der Waals surface area contributed by atoms with Crippen molar-refractivity contribution in [1.82, 2.24) is 10.3 Å². The van der Waals surface area contributed by atoms with Gasteiger partial charge in [-0.1, -0.05) is 41.9 Å². The van der Waals surface area contributed by atoms with E-state index in [1.54, 1.807) is 12.1 Å². The van der Waals surface area contributed by atoms with Crippen molar-refractivity contribution in [1.29, 1.82) is 0 Å². The fourth-order valence-electron chi connectivity index (χ4n) is 1.87. The summed E-state index contributed by atoms with van der Waals surface area (Å²) in [5, 5.41) is 3.27. The first-order valence-electron chi connectivity index (χ1n) is 6.11. The van der Waals surface area contributed by atoms with E-state index in [0.717, 1.165) is 6.42 Å². The smallest absolute Gasteiger partial charge is 0.251 e. The maximum Gasteiger partial charge on any atom is 0.251 e. The fourth-order valence-corrected chi connectivity index (χ4v) is 2.04. The van der Waals surface area contributed by atoms with Crippen LogP contribution in [-0.2, 0) is 6.42 Å². The fraction of sp³-hybridized carbons (Fsp3) is 0.200. The summed E-state index contributed by atoms with van der Waals surface area (Å²) in [6.45, 7) is 1.98. The van der Waals surface area contributed by atoms with Crippen molar-refractivity contribution in [3.63, 3.8) is 0 Å². The van der Waals surface area contributed by atoms with Crippen LogP contribution in [0, 0.1) is 0 Å². The number of pyridine rings is 1. The third kappa shape index (κ3) is 4.07. The van der Waals surface area contributed by atoms with E-state index >= 15 is 0 Å². The van der Waals surface area contributed by atoms with Crippen LogP contribution in [0.5, 0.6) is 0 Å². The SMILES string of the molecule is CC(Cc1ccccc1)NC(=O)c1ccnc(Cl)c1. The molecule has 0 aliphatic carbocycles. The lowest BCUT2D eigenvalue weighted by Crippen LogP contribution is -2.34. The molecule has 19 heavy (non-hydrogen) atoms. The molecule has 0 bridgehead atoms. The molecule has 0 saturated heterocycles. The van der Waals surface area contributed by atoms with Crippen molar-refractivity contribution in [3.05, 3.63) is 64.9 Å². The third-order valence-corrected chi connectivity index (χ3v) is 2.96. The first-order chi connectivity index (χ1) is 9.15. The van der Waals surface area contributed by atoms with E-state index in [0.29, 0.717) is 10.7 Å². The van der Waals surface area contributed by atoms with Crippen molar-refractivity contribution in [2.75, 3.05) is 0 Å². The van der Waals surface area contributed by atoms with E-state index < -0.39 is 0 Å². The van der Waals surface area contributed by atoms with Crippen molar-refractivity contribution >= 4 is 17.5 Å². The summed E-state index contributed by atoms with van der Waals surface area (Å²) < 4.78 is 0. The zero-order valence-corrected chi connectivity index (χ0v) is 11.4. The molecule has 3 nitrogen and oxygen atoms in total. The van der Waals surface area contributed by atoms with Crippen LogP contribution in [0.15, 0.2) is 48.7 Å². The molecule has 4 heteroatoms. The number of hydrogen-bond acceptors (Lipinski definition) is 2. The first kappa shape index (κ1) is 13.6. The minimum Gasteiger partial charge on any atom is -0.349 e. The number of rotatable bonds is 4. The van der Waals surface area contributed by atoms with E-state index in [1.807, 2.05) is 37.3 Å². The summed E-state index contributed by atoms with van der Waals surface area (Å²) in [5.74, 6) is -0.132. The summed E-state index contributed by atoms with van der Waals surface area (Å²) >= 11 is 5.76. The van der Waals surface area contributed by atoms with Gasteiger partial charge in [0.2, 0.25) is 0 Å². The molecule has 1 aromatic heterocycles. The van der Waals surface area contributed by atoms with Gasteiger partial charge in [-0.3, -0.25) is 4.79 Å². The van der Waals surface area contributed by atoms with E-state index in [9.17, 15) is 4.79 Å². The summed E-state index contributed by atoms with van der Waals surface area (Å²) in [4.78, 5) is 15.9. The van der Waals surface area contributed by atoms with Gasteiger partial charge in [0.1, 0.15) is 5.15 Å². The van der Waals surface area contributed by atoms with Gasteiger partial charge in [0.05, 0.1) is 0 Å². The van der Waals surface area contributed by atoms with Gasteiger partial charge >= 0.3 is 0 Å². The van der Waals surface area contributed by atoms with E-state index in [4.69, 9.17) is 11.6 Å². The number of nitrogens with one attached hydrogen (secondary N) is 1. The van der Waals surface area contributed by atoms with Gasteiger partial charge in [0.25, 0.3) is 5.91 Å². The molecule has 1 unspecified atom stereocenters. The summed E-state index contributed by atoms with van der Waals surface area (Å²) in [6.07, 6.45) is 2.32. The standard InChI is InChI=1S/C15H15ClN2O/c1-11(9-12-5-3-2-4-6-12)18-15(19)13-7-8-17-14(16)10-13/h2-8,10-11H,9H2,1H3,(H,18,19). The Morgan fingerprint density at radius 2 is 2.05 bits per heavy atom. The molecule has 2 rings (SSSR count). The minimum atomic E-state index is -0.132. The lowest BCUT2D eigenvalue weighted by atomic mass is 10.1. The summed E-state index contributed by atoms with van der Waals surface area (Å²) in [7, 11) is 0. The highest BCUT2D eigenvalue weighted by atomic mass is 35.5. The number of aromatic nitrogens is 1. The maximum absolute atomic E-state index is 12.0. The molecule has 1 heterocycles. The Morgan fingerprint density at radius 3 is 2.74 bits per heavy atom. The predicted octanol–water partition coefficient (Wildman–Crippen LogP) is 3.10. The molecule has 1 amide bonds. The topological polar surface area (TPSA) is 42.0 Å². The molecule has 0 radical (unpaired) electrons. The van der Waals surface area contributed by atoms with Crippen LogP contribution in [0.2, 0.25) is 5.15 Å². The second-order valence-corrected chi connectivity index (χ2v) is 4.82. The Morgan fingerprint density at radius 1 is 1.32 bits per heavy atom. The number of nitrogens with zero attached hydrogens (tertiary/aromatic N) is 1. The summed E-state index contributed by atoms with van der Waals surface area (Å²) in [6, 6.07) is 13.3. The van der Waals surface area contributed by atoms with Crippen molar-refractivity contribution < 1.29 is 4.79 Å². The van der Waals surface area contributed by atoms with Crippen LogP contribution in [0.25, 0.3) is 0 Å². The molecular formula is C15H15ClN2O. The second-order valence-electron chi connectivity index (χ2n) is 4.43. The van der Waals surface area contributed by atoms with E-state index in [-0.39, 0.29) is 11.9 Å². The van der Waals surface area contributed by atoms with Gasteiger partial charge in [-0.15, -0.1) is 0 Å². The van der Waals surface area contributed by atoms with Crippen LogP contribution in [0.4, 0.5) is 0 Å². The van der Waals surface area contributed by atoms with Crippen LogP contribution in [0.1, 0.15) is 22.8 Å². The lowest BCUT2D eigenvalue weighted by Gasteiger charge is -2.14. The molecule has 1 aromatic carbocycles. The molecule has 0 spiro atoms. The monoisotopic (exact) mass is 274 g/mol. The Kier molecular flexibility index (Phi) is 4.53. The van der Waals surface area contributed by atoms with Gasteiger partial charge in [-0.2, -0.15) is 0 Å². The molecule has 0 aliphatic heterocycles. The molecule has 0 fully saturated rings. The zero-order valence-electron chi connectivity index (χ0n) is 10.6. The predicted molar refractivity (Wildman–Crippen MR) is 76.3 cm³/mol. The van der Waals surface area contributed by atoms with Crippen molar-refractivity contribution in [2.24, 2.45) is 0 Å². The molecule has 0 saturated carbocycles. The van der Waals surface area contributed by atoms with Gasteiger partial charge in [-0.05, 0) is 31.0 Å². The highest BCUT2D eigenvalue weighted by Gasteiger charge is 2.10. The van der Waals surface area contributed by atoms with Crippen molar-refractivity contribution in [3.8, 4) is 0 Å². The highest BCUT2D eigenvalue weighted by Crippen LogP contribution is 2.08. The van der Waals surface area contributed by atoms with Crippen molar-refractivity contribution in [2.45, 2.75) is 19.4 Å². The van der Waals surface area contributed by atoms with Gasteiger partial charge in [-0.25, -0.2) is 4.98 Å². The Hall–Kier alpha value is -1.87. The first-order valence-corrected chi connectivity index (χ1v) is 6.49. The van der Waals surface area contributed by atoms with Gasteiger partial charge < -0.3 is 5.32 Å². The number of carbonyl (C=O) groups is 1. The zero-order chi connectivity index (χ0) is 13.7. The summed E-state index contributed by atoms with van der Waals surface area (Å²) in [5.41, 5.74) is 1.72. The average molecular weight is 275 g/mol. The Bertz CT molecular complexity index is 557. The normalized spacial score (nSPS) is 11.9. The Labute approximate surface area is 117 Å². The molecular weight excluding hydrogens is 260 g/mol. The van der Waals surface area contributed by atoms with E-state index in [2.05, 4.69) is 10.3 Å². The maximum atomic E-state index is 12.0. The molecule has 1 N–H and O–H groups in total. The van der Waals surface area contributed by atoms with Crippen LogP contribution in [0.3, 0.4) is 0 Å². The molecule has 2 aromatic rings. The van der Waals surface area contributed by atoms with Crippen LogP contribution >= 0.6 is 11.6 Å². The number of benzene rings is 1. The highest BCUT2D eigenvalue weighted by molar-refractivity contribution is 6.29. The van der Waals surface area contributed by atoms with Gasteiger partial charge in [0.15, 0.2) is 0 Å². The largest absolute Gasteiger partial charge is 0.349 e. The third-order valence-electron chi connectivity index (χ3n) is 2.75. The average Bonchev–Trinajstić information content (AvgIpc) is 2.39. The van der Waals surface area contributed by atoms with Crippen LogP contribution in [-0.4, -0.2) is 16.9 Å².